The molecule has 0 spiro atoms. The van der Waals surface area contributed by atoms with Gasteiger partial charge in [-0.1, -0.05) is 0 Å². The number of rotatable bonds is 2. The second-order valence-electron chi connectivity index (χ2n) is 3.73. The average molecular weight is 184 g/mol. The Kier molecular flexibility index (Phi) is 3.47. The highest BCUT2D eigenvalue weighted by Crippen LogP contribution is 2.09. The average Bonchev–Trinajstić information content (AvgIpc) is 2.04. The van der Waals surface area contributed by atoms with Gasteiger partial charge >= 0.3 is 7.05 Å². The molecule has 1 saturated heterocycles. The standard InChI is InChI=1S/C8H17BN2O2/c1-7(12)8-6-11(9(2)13)5-4-10(8)3/h8,13H,4-6H2,1-3H3/t8-/m1/s1. The van der Waals surface area contributed by atoms with Gasteiger partial charge in [-0.05, 0) is 20.8 Å². The van der Waals surface area contributed by atoms with Gasteiger partial charge in [0.1, 0.15) is 5.78 Å². The molecular formula is C8H17BN2O2. The Labute approximate surface area is 79.6 Å². The van der Waals surface area contributed by atoms with E-state index in [2.05, 4.69) is 0 Å². The molecule has 0 aliphatic carbocycles. The minimum Gasteiger partial charge on any atom is -0.437 e. The Morgan fingerprint density at radius 2 is 2.15 bits per heavy atom. The minimum absolute atomic E-state index is 0.0525. The summed E-state index contributed by atoms with van der Waals surface area (Å²) < 4.78 is 0. The van der Waals surface area contributed by atoms with Crippen molar-refractivity contribution in [2.45, 2.75) is 19.8 Å². The number of hydrogen-bond acceptors (Lipinski definition) is 4. The van der Waals surface area contributed by atoms with Crippen LogP contribution < -0.4 is 0 Å². The number of likely N-dealkylation sites (N-methyl/N-ethyl adjacent to an activating group) is 1. The van der Waals surface area contributed by atoms with Gasteiger partial charge in [0.25, 0.3) is 0 Å². The fourth-order valence-electron chi connectivity index (χ4n) is 1.67. The molecule has 0 bridgehead atoms. The van der Waals surface area contributed by atoms with E-state index in [0.29, 0.717) is 6.54 Å². The molecule has 1 rings (SSSR count). The zero-order valence-corrected chi connectivity index (χ0v) is 8.53. The second-order valence-corrected chi connectivity index (χ2v) is 3.73. The maximum Gasteiger partial charge on any atom is 0.376 e. The Morgan fingerprint density at radius 1 is 1.54 bits per heavy atom. The SMILES string of the molecule is CB(O)N1CCN(C)[C@@H](C(C)=O)C1. The summed E-state index contributed by atoms with van der Waals surface area (Å²) in [5.41, 5.74) is 0. The summed E-state index contributed by atoms with van der Waals surface area (Å²) in [6.45, 7) is 5.66. The topological polar surface area (TPSA) is 43.8 Å². The summed E-state index contributed by atoms with van der Waals surface area (Å²) in [7, 11) is 1.50. The molecule has 0 amide bonds. The van der Waals surface area contributed by atoms with Gasteiger partial charge in [0.2, 0.25) is 0 Å². The van der Waals surface area contributed by atoms with E-state index in [-0.39, 0.29) is 11.8 Å². The van der Waals surface area contributed by atoms with Crippen molar-refractivity contribution in [2.75, 3.05) is 26.7 Å². The van der Waals surface area contributed by atoms with Crippen molar-refractivity contribution < 1.29 is 9.82 Å². The van der Waals surface area contributed by atoms with Gasteiger partial charge in [-0.2, -0.15) is 0 Å². The van der Waals surface area contributed by atoms with Gasteiger partial charge in [0, 0.05) is 19.6 Å². The van der Waals surface area contributed by atoms with Gasteiger partial charge in [0.15, 0.2) is 0 Å². The van der Waals surface area contributed by atoms with Gasteiger partial charge < -0.3 is 9.83 Å². The molecule has 0 unspecified atom stereocenters. The molecular weight excluding hydrogens is 167 g/mol. The van der Waals surface area contributed by atoms with Crippen LogP contribution in [0.5, 0.6) is 0 Å². The van der Waals surface area contributed by atoms with Crippen LogP contribution in [0, 0.1) is 0 Å². The number of carbonyl (C=O) groups excluding carboxylic acids is 1. The Bertz CT molecular complexity index is 199. The van der Waals surface area contributed by atoms with Crippen LogP contribution in [0.2, 0.25) is 6.82 Å². The summed E-state index contributed by atoms with van der Waals surface area (Å²) in [5, 5.41) is 9.36. The predicted molar refractivity (Wildman–Crippen MR) is 52.5 cm³/mol. The normalized spacial score (nSPS) is 26.0. The quantitative estimate of drug-likeness (QED) is 0.576. The molecule has 4 nitrogen and oxygen atoms in total. The van der Waals surface area contributed by atoms with E-state index in [1.165, 1.54) is 0 Å². The Morgan fingerprint density at radius 3 is 2.62 bits per heavy atom. The number of hydrogen-bond donors (Lipinski definition) is 1. The molecule has 0 aromatic heterocycles. The largest absolute Gasteiger partial charge is 0.437 e. The molecule has 0 aromatic rings. The van der Waals surface area contributed by atoms with E-state index in [1.807, 2.05) is 16.8 Å². The molecule has 0 saturated carbocycles. The zero-order valence-electron chi connectivity index (χ0n) is 8.53. The highest BCUT2D eigenvalue weighted by atomic mass is 16.2. The first-order valence-corrected chi connectivity index (χ1v) is 4.65. The Balaban J connectivity index is 2.58. The van der Waals surface area contributed by atoms with Gasteiger partial charge in [0.05, 0.1) is 6.04 Å². The summed E-state index contributed by atoms with van der Waals surface area (Å²) in [5.74, 6) is 0.174. The van der Waals surface area contributed by atoms with Crippen molar-refractivity contribution in [2.24, 2.45) is 0 Å². The first kappa shape index (κ1) is 10.7. The van der Waals surface area contributed by atoms with E-state index in [1.54, 1.807) is 13.7 Å². The minimum atomic E-state index is -0.449. The van der Waals surface area contributed by atoms with Crippen LogP contribution in [-0.4, -0.2) is 60.3 Å². The molecule has 1 atom stereocenters. The summed E-state index contributed by atoms with van der Waals surface area (Å²) in [6.07, 6.45) is 0. The lowest BCUT2D eigenvalue weighted by Crippen LogP contribution is -2.57. The van der Waals surface area contributed by atoms with Crippen LogP contribution in [0.25, 0.3) is 0 Å². The van der Waals surface area contributed by atoms with Gasteiger partial charge in [-0.15, -0.1) is 0 Å². The molecule has 74 valence electrons. The smallest absolute Gasteiger partial charge is 0.376 e. The first-order chi connectivity index (χ1) is 6.02. The van der Waals surface area contributed by atoms with E-state index in [4.69, 9.17) is 0 Å². The second kappa shape index (κ2) is 4.22. The van der Waals surface area contributed by atoms with Crippen LogP contribution in [0.4, 0.5) is 0 Å². The molecule has 0 radical (unpaired) electrons. The van der Waals surface area contributed by atoms with E-state index < -0.39 is 7.05 Å². The van der Waals surface area contributed by atoms with Crippen LogP contribution >= 0.6 is 0 Å². The van der Waals surface area contributed by atoms with Gasteiger partial charge in [-0.3, -0.25) is 9.69 Å². The highest BCUT2D eigenvalue weighted by molar-refractivity contribution is 6.45. The van der Waals surface area contributed by atoms with Crippen molar-refractivity contribution in [3.63, 3.8) is 0 Å². The van der Waals surface area contributed by atoms with Crippen molar-refractivity contribution in [1.29, 1.82) is 0 Å². The predicted octanol–water partition coefficient (Wildman–Crippen LogP) is -0.698. The first-order valence-electron chi connectivity index (χ1n) is 4.65. The molecule has 1 aliphatic heterocycles. The molecule has 1 N–H and O–H groups in total. The van der Waals surface area contributed by atoms with E-state index in [9.17, 15) is 9.82 Å². The lowest BCUT2D eigenvalue weighted by molar-refractivity contribution is -0.123. The van der Waals surface area contributed by atoms with Crippen molar-refractivity contribution in [3.05, 3.63) is 0 Å². The summed E-state index contributed by atoms with van der Waals surface area (Å²) in [6, 6.07) is -0.0525. The third-order valence-corrected chi connectivity index (χ3v) is 2.68. The maximum absolute atomic E-state index is 11.2. The third kappa shape index (κ3) is 2.53. The molecule has 1 aliphatic rings. The molecule has 1 fully saturated rings. The third-order valence-electron chi connectivity index (χ3n) is 2.68. The summed E-state index contributed by atoms with van der Waals surface area (Å²) >= 11 is 0. The Hall–Kier alpha value is -0.385. The monoisotopic (exact) mass is 184 g/mol. The fraction of sp³-hybridized carbons (Fsp3) is 0.875. The molecule has 5 heteroatoms. The van der Waals surface area contributed by atoms with Crippen molar-refractivity contribution in [3.8, 4) is 0 Å². The van der Waals surface area contributed by atoms with Crippen LogP contribution in [0.15, 0.2) is 0 Å². The van der Waals surface area contributed by atoms with Crippen LogP contribution in [0.1, 0.15) is 6.92 Å². The van der Waals surface area contributed by atoms with Crippen LogP contribution in [0.3, 0.4) is 0 Å². The van der Waals surface area contributed by atoms with Crippen molar-refractivity contribution >= 4 is 12.8 Å². The number of nitrogens with zero attached hydrogens (tertiary/aromatic N) is 2. The fourth-order valence-corrected chi connectivity index (χ4v) is 1.67. The zero-order chi connectivity index (χ0) is 10.0. The summed E-state index contributed by atoms with van der Waals surface area (Å²) in [4.78, 5) is 15.2. The number of carbonyl (C=O) groups is 1. The maximum atomic E-state index is 11.2. The molecule has 0 aromatic carbocycles. The lowest BCUT2D eigenvalue weighted by atomic mass is 9.83. The van der Waals surface area contributed by atoms with Gasteiger partial charge in [-0.25, -0.2) is 0 Å². The lowest BCUT2D eigenvalue weighted by Gasteiger charge is -2.38. The van der Waals surface area contributed by atoms with E-state index >= 15 is 0 Å². The molecule has 13 heavy (non-hydrogen) atoms. The van der Waals surface area contributed by atoms with Crippen molar-refractivity contribution in [1.82, 2.24) is 9.71 Å². The number of Topliss-reactive ketones (excluding diaryl/α,β-unsaturated/α-hetero) is 1. The number of piperazine rings is 1. The van der Waals surface area contributed by atoms with E-state index in [0.717, 1.165) is 13.1 Å². The molecule has 1 heterocycles. The highest BCUT2D eigenvalue weighted by Gasteiger charge is 2.30. The number of ketones is 1. The van der Waals surface area contributed by atoms with Crippen LogP contribution in [-0.2, 0) is 4.79 Å².